The highest BCUT2D eigenvalue weighted by atomic mass is 16.4. The Kier molecular flexibility index (Phi) is 8.15. The zero-order chi connectivity index (χ0) is 17.3. The molecule has 0 spiro atoms. The molecule has 0 aromatic heterocycles. The number of carbonyl (C=O) groups excluding carboxylic acids is 4. The van der Waals surface area contributed by atoms with Crippen molar-refractivity contribution in [2.45, 2.75) is 25.4 Å². The average Bonchev–Trinajstić information content (AvgIpc) is 2.40. The highest BCUT2D eigenvalue weighted by Crippen LogP contribution is 1.92. The molecule has 11 nitrogen and oxygen atoms in total. The average molecular weight is 317 g/mol. The van der Waals surface area contributed by atoms with Crippen LogP contribution >= 0.6 is 0 Å². The molecule has 4 amide bonds. The van der Waals surface area contributed by atoms with Crippen LogP contribution in [-0.4, -0.2) is 59.9 Å². The third-order valence-electron chi connectivity index (χ3n) is 2.31. The molecular formula is C11H19N5O6. The molecule has 124 valence electrons. The first kappa shape index (κ1) is 19.3. The van der Waals surface area contributed by atoms with Crippen molar-refractivity contribution in [1.82, 2.24) is 16.0 Å². The van der Waals surface area contributed by atoms with Crippen LogP contribution in [-0.2, 0) is 24.0 Å². The van der Waals surface area contributed by atoms with E-state index in [0.717, 1.165) is 0 Å². The van der Waals surface area contributed by atoms with Gasteiger partial charge >= 0.3 is 5.97 Å². The third kappa shape index (κ3) is 8.47. The Bertz CT molecular complexity index is 464. The van der Waals surface area contributed by atoms with Gasteiger partial charge in [0.25, 0.3) is 0 Å². The molecule has 0 radical (unpaired) electrons. The third-order valence-corrected chi connectivity index (χ3v) is 2.31. The van der Waals surface area contributed by atoms with E-state index >= 15 is 0 Å². The molecule has 0 aromatic carbocycles. The minimum atomic E-state index is -1.34. The molecule has 22 heavy (non-hydrogen) atoms. The molecule has 0 aliphatic heterocycles. The van der Waals surface area contributed by atoms with E-state index in [1.54, 1.807) is 0 Å². The summed E-state index contributed by atoms with van der Waals surface area (Å²) in [6, 6.07) is -2.15. The van der Waals surface area contributed by atoms with Gasteiger partial charge in [-0.25, -0.2) is 0 Å². The smallest absolute Gasteiger partial charge is 0.322 e. The summed E-state index contributed by atoms with van der Waals surface area (Å²) in [4.78, 5) is 55.7. The Morgan fingerprint density at radius 3 is 2.05 bits per heavy atom. The van der Waals surface area contributed by atoms with Crippen molar-refractivity contribution in [3.05, 3.63) is 0 Å². The van der Waals surface area contributed by atoms with Gasteiger partial charge in [0.1, 0.15) is 12.6 Å². The monoisotopic (exact) mass is 317 g/mol. The van der Waals surface area contributed by atoms with Gasteiger partial charge in [-0.1, -0.05) is 0 Å². The number of aliphatic carboxylic acids is 1. The lowest BCUT2D eigenvalue weighted by Gasteiger charge is -2.17. The first-order chi connectivity index (χ1) is 10.1. The number of hydrogen-bond acceptors (Lipinski definition) is 6. The molecule has 0 saturated heterocycles. The van der Waals surface area contributed by atoms with Crippen LogP contribution in [0.2, 0.25) is 0 Å². The lowest BCUT2D eigenvalue weighted by molar-refractivity contribution is -0.138. The second-order valence-electron chi connectivity index (χ2n) is 4.41. The SMILES string of the molecule is CC(N)C(=O)NCC(=O)NC(CC(N)=O)C(=O)NCC(=O)O. The Balaban J connectivity index is 4.54. The molecule has 0 saturated carbocycles. The molecule has 0 heterocycles. The van der Waals surface area contributed by atoms with E-state index in [9.17, 15) is 24.0 Å². The van der Waals surface area contributed by atoms with E-state index in [-0.39, 0.29) is 0 Å². The fraction of sp³-hybridized carbons (Fsp3) is 0.545. The number of carboxylic acids is 1. The van der Waals surface area contributed by atoms with Gasteiger partial charge in [-0.15, -0.1) is 0 Å². The summed E-state index contributed by atoms with van der Waals surface area (Å²) < 4.78 is 0. The van der Waals surface area contributed by atoms with Crippen molar-refractivity contribution >= 4 is 29.6 Å². The van der Waals surface area contributed by atoms with Gasteiger partial charge in [-0.05, 0) is 6.92 Å². The van der Waals surface area contributed by atoms with Crippen molar-refractivity contribution in [2.75, 3.05) is 13.1 Å². The number of rotatable bonds is 9. The molecule has 8 N–H and O–H groups in total. The summed E-state index contributed by atoms with van der Waals surface area (Å²) in [6.45, 7) is 0.287. The van der Waals surface area contributed by atoms with Gasteiger partial charge in [0, 0.05) is 0 Å². The van der Waals surface area contributed by atoms with Crippen LogP contribution in [0.25, 0.3) is 0 Å². The standard InChI is InChI=1S/C11H19N5O6/c1-5(12)10(21)14-3-8(18)16-6(2-7(13)17)11(22)15-4-9(19)20/h5-6H,2-4,12H2,1H3,(H2,13,17)(H,14,21)(H,15,22)(H,16,18)(H,19,20). The number of amides is 4. The minimum Gasteiger partial charge on any atom is -0.480 e. The lowest BCUT2D eigenvalue weighted by atomic mass is 10.2. The van der Waals surface area contributed by atoms with E-state index in [1.807, 2.05) is 5.32 Å². The van der Waals surface area contributed by atoms with Crippen molar-refractivity contribution in [1.29, 1.82) is 0 Å². The van der Waals surface area contributed by atoms with E-state index in [2.05, 4.69) is 10.6 Å². The summed E-state index contributed by atoms with van der Waals surface area (Å²) in [5.74, 6) is -4.37. The predicted molar refractivity (Wildman–Crippen MR) is 73.0 cm³/mol. The molecule has 0 fully saturated rings. The second-order valence-corrected chi connectivity index (χ2v) is 4.41. The van der Waals surface area contributed by atoms with E-state index in [1.165, 1.54) is 6.92 Å². The van der Waals surface area contributed by atoms with Gasteiger partial charge in [0.15, 0.2) is 0 Å². The zero-order valence-electron chi connectivity index (χ0n) is 11.9. The number of nitrogens with one attached hydrogen (secondary N) is 3. The fourth-order valence-electron chi connectivity index (χ4n) is 1.27. The largest absolute Gasteiger partial charge is 0.480 e. The molecule has 0 aliphatic carbocycles. The number of primary amides is 1. The van der Waals surface area contributed by atoms with Crippen LogP contribution in [0.4, 0.5) is 0 Å². The Labute approximate surface area is 125 Å². The molecule has 0 rings (SSSR count). The number of hydrogen-bond donors (Lipinski definition) is 6. The second kappa shape index (κ2) is 9.28. The van der Waals surface area contributed by atoms with Crippen LogP contribution in [0.3, 0.4) is 0 Å². The Morgan fingerprint density at radius 2 is 1.59 bits per heavy atom. The summed E-state index contributed by atoms with van der Waals surface area (Å²) in [7, 11) is 0. The maximum absolute atomic E-state index is 11.7. The van der Waals surface area contributed by atoms with Crippen molar-refractivity contribution in [3.63, 3.8) is 0 Å². The van der Waals surface area contributed by atoms with E-state index in [0.29, 0.717) is 0 Å². The quantitative estimate of drug-likeness (QED) is 0.249. The highest BCUT2D eigenvalue weighted by Gasteiger charge is 2.23. The van der Waals surface area contributed by atoms with Gasteiger partial charge in [0.05, 0.1) is 19.0 Å². The van der Waals surface area contributed by atoms with Gasteiger partial charge < -0.3 is 32.5 Å². The lowest BCUT2D eigenvalue weighted by Crippen LogP contribution is -2.52. The van der Waals surface area contributed by atoms with E-state index < -0.39 is 61.2 Å². The number of carboxylic acid groups (broad SMARTS) is 1. The maximum Gasteiger partial charge on any atom is 0.322 e. The fourth-order valence-corrected chi connectivity index (χ4v) is 1.27. The minimum absolute atomic E-state index is 0.457. The summed E-state index contributed by atoms with van der Waals surface area (Å²) in [5, 5.41) is 14.8. The molecule has 2 unspecified atom stereocenters. The topological polar surface area (TPSA) is 194 Å². The van der Waals surface area contributed by atoms with Gasteiger partial charge in [-0.2, -0.15) is 0 Å². The first-order valence-corrected chi connectivity index (χ1v) is 6.24. The zero-order valence-corrected chi connectivity index (χ0v) is 11.9. The number of nitrogens with two attached hydrogens (primary N) is 2. The Hall–Kier alpha value is -2.69. The predicted octanol–water partition coefficient (Wildman–Crippen LogP) is -3.99. The van der Waals surface area contributed by atoms with Gasteiger partial charge in [0.2, 0.25) is 23.6 Å². The van der Waals surface area contributed by atoms with Crippen molar-refractivity contribution < 1.29 is 29.1 Å². The normalized spacial score (nSPS) is 12.6. The molecular weight excluding hydrogens is 298 g/mol. The summed E-state index contributed by atoms with van der Waals surface area (Å²) in [6.07, 6.45) is -0.515. The highest BCUT2D eigenvalue weighted by molar-refractivity contribution is 5.94. The van der Waals surface area contributed by atoms with Gasteiger partial charge in [-0.3, -0.25) is 24.0 Å². The van der Waals surface area contributed by atoms with Crippen LogP contribution in [0.1, 0.15) is 13.3 Å². The molecule has 2 atom stereocenters. The first-order valence-electron chi connectivity index (χ1n) is 6.24. The van der Waals surface area contributed by atoms with Crippen molar-refractivity contribution in [2.24, 2.45) is 11.5 Å². The van der Waals surface area contributed by atoms with Crippen LogP contribution < -0.4 is 27.4 Å². The summed E-state index contributed by atoms with van der Waals surface area (Å²) >= 11 is 0. The molecule has 0 bridgehead atoms. The van der Waals surface area contributed by atoms with Crippen molar-refractivity contribution in [3.8, 4) is 0 Å². The van der Waals surface area contributed by atoms with Crippen LogP contribution in [0.5, 0.6) is 0 Å². The maximum atomic E-state index is 11.7. The molecule has 0 aromatic rings. The van der Waals surface area contributed by atoms with Crippen LogP contribution in [0, 0.1) is 0 Å². The van der Waals surface area contributed by atoms with E-state index in [4.69, 9.17) is 16.6 Å². The summed E-state index contributed by atoms with van der Waals surface area (Å²) in [5.41, 5.74) is 10.2. The molecule has 11 heteroatoms. The number of carbonyl (C=O) groups is 5. The Morgan fingerprint density at radius 1 is 1.05 bits per heavy atom. The van der Waals surface area contributed by atoms with Crippen LogP contribution in [0.15, 0.2) is 0 Å². The molecule has 0 aliphatic rings.